The Bertz CT molecular complexity index is 4270. The molecule has 0 aliphatic carbocycles. The van der Waals surface area contributed by atoms with Crippen LogP contribution in [0.5, 0.6) is 5.75 Å². The van der Waals surface area contributed by atoms with Gasteiger partial charge in [0.05, 0.1) is 51.3 Å². The minimum absolute atomic E-state index is 0.00753. The van der Waals surface area contributed by atoms with Gasteiger partial charge in [0, 0.05) is 55.6 Å². The summed E-state index contributed by atoms with van der Waals surface area (Å²) in [7, 11) is 2.31. The number of aliphatic carboxylic acids is 3. The van der Waals surface area contributed by atoms with Crippen LogP contribution < -0.4 is 58.3 Å². The van der Waals surface area contributed by atoms with E-state index < -0.39 is 217 Å². The molecule has 2 unspecified atom stereocenters. The Morgan fingerprint density at radius 1 is 0.613 bits per heavy atom. The number of amides is 10. The SMILES string of the molecule is CCc1cc(OC)ccc1C(c1ccccc1)[C@H](NC(=O)[C@H](CC(=O)O)NC(=O)[C@H](CO)NC(=O)[C@@H](NC(=O)[C@H](Cc1c(F)cccc1F)N(C)C(=O)[C@@H](NC(=O)CNC(=O)[C@H](CCC(=O)O)NC(=O)C(C)(C)NC(=O)[C@@H](N)Cc1cnc[nH]1)[C@@H](C)O)[C@@H](C)O)C(=O)N[C@H](C(=O)O)C(c1ccccc1)c1ccccc1C. The van der Waals surface area contributed by atoms with Gasteiger partial charge in [0.2, 0.25) is 59.1 Å². The van der Waals surface area contributed by atoms with E-state index >= 15 is 18.4 Å². The molecule has 1 heterocycles. The first kappa shape index (κ1) is 87.8. The fraction of sp³-hybridized carbons (Fsp3) is 0.395. The molecule has 0 aliphatic rings. The highest BCUT2D eigenvalue weighted by Gasteiger charge is 2.44. The van der Waals surface area contributed by atoms with Crippen molar-refractivity contribution in [3.05, 3.63) is 190 Å². The van der Waals surface area contributed by atoms with Crippen LogP contribution in [0.2, 0.25) is 0 Å². The number of nitrogens with one attached hydrogen (secondary N) is 10. The van der Waals surface area contributed by atoms with E-state index in [9.17, 15) is 83.4 Å². The van der Waals surface area contributed by atoms with E-state index in [1.807, 2.05) is 0 Å². The van der Waals surface area contributed by atoms with Crippen molar-refractivity contribution in [2.45, 2.75) is 164 Å². The third kappa shape index (κ3) is 24.5. The summed E-state index contributed by atoms with van der Waals surface area (Å²) in [6.45, 7) is 5.63. The number of aliphatic hydroxyl groups excluding tert-OH is 3. The lowest BCUT2D eigenvalue weighted by Crippen LogP contribution is -2.63. The number of halogens is 2. The number of imidazole rings is 1. The number of ether oxygens (including phenoxy) is 1. The van der Waals surface area contributed by atoms with Crippen molar-refractivity contribution in [2.75, 3.05) is 27.3 Å². The molecule has 10 amide bonds. The van der Waals surface area contributed by atoms with Crippen LogP contribution >= 0.6 is 0 Å². The maximum atomic E-state index is 15.5. The van der Waals surface area contributed by atoms with Crippen molar-refractivity contribution in [3.63, 3.8) is 0 Å². The largest absolute Gasteiger partial charge is 0.497 e. The third-order valence-corrected chi connectivity index (χ3v) is 18.3. The number of benzene rings is 5. The molecule has 13 atom stereocenters. The van der Waals surface area contributed by atoms with Gasteiger partial charge in [-0.25, -0.2) is 18.6 Å². The normalized spacial score (nSPS) is 14.8. The number of likely N-dealkylation sites (N-methyl/N-ethyl adjacent to an activating group) is 1. The van der Waals surface area contributed by atoms with E-state index in [-0.39, 0.29) is 6.42 Å². The quantitative estimate of drug-likeness (QED) is 0.0235. The smallest absolute Gasteiger partial charge is 0.327 e. The van der Waals surface area contributed by atoms with Crippen LogP contribution in [0.3, 0.4) is 0 Å². The molecule has 35 heteroatoms. The van der Waals surface area contributed by atoms with Crippen LogP contribution in [-0.4, -0.2) is 222 Å². The van der Waals surface area contributed by atoms with E-state index in [4.69, 9.17) is 10.5 Å². The summed E-state index contributed by atoms with van der Waals surface area (Å²) < 4.78 is 36.6. The lowest BCUT2D eigenvalue weighted by atomic mass is 9.80. The zero-order chi connectivity index (χ0) is 82.1. The summed E-state index contributed by atoms with van der Waals surface area (Å²) in [6.07, 6.45) is -4.39. The lowest BCUT2D eigenvalue weighted by Gasteiger charge is -2.34. The number of carbonyl (C=O) groups excluding carboxylic acids is 10. The zero-order valence-corrected chi connectivity index (χ0v) is 62.0. The van der Waals surface area contributed by atoms with Crippen LogP contribution in [0.25, 0.3) is 0 Å². The minimum Gasteiger partial charge on any atom is -0.497 e. The molecule has 0 saturated heterocycles. The van der Waals surface area contributed by atoms with Gasteiger partial charge < -0.3 is 98.8 Å². The van der Waals surface area contributed by atoms with Crippen LogP contribution in [0.1, 0.15) is 110 Å². The van der Waals surface area contributed by atoms with E-state index in [0.29, 0.717) is 56.1 Å². The van der Waals surface area contributed by atoms with Gasteiger partial charge in [-0.15, -0.1) is 0 Å². The molecule has 18 N–H and O–H groups in total. The summed E-state index contributed by atoms with van der Waals surface area (Å²) >= 11 is 0. The highest BCUT2D eigenvalue weighted by atomic mass is 19.1. The molecule has 0 aliphatic heterocycles. The van der Waals surface area contributed by atoms with Gasteiger partial charge in [-0.3, -0.25) is 57.5 Å². The van der Waals surface area contributed by atoms with Gasteiger partial charge in [-0.2, -0.15) is 0 Å². The Morgan fingerprint density at radius 3 is 1.71 bits per heavy atom. The summed E-state index contributed by atoms with van der Waals surface area (Å²) in [5.74, 6) is -21.5. The maximum Gasteiger partial charge on any atom is 0.327 e. The van der Waals surface area contributed by atoms with E-state index in [0.717, 1.165) is 39.1 Å². The Balaban J connectivity index is 1.25. The van der Waals surface area contributed by atoms with Crippen LogP contribution in [0.15, 0.2) is 134 Å². The fourth-order valence-electron chi connectivity index (χ4n) is 12.2. The number of methoxy groups -OCH3 is 1. The van der Waals surface area contributed by atoms with Gasteiger partial charge in [-0.1, -0.05) is 104 Å². The second-order valence-electron chi connectivity index (χ2n) is 26.8. The molecule has 0 saturated carbocycles. The molecule has 1 aromatic heterocycles. The van der Waals surface area contributed by atoms with Crippen molar-refractivity contribution in [3.8, 4) is 5.75 Å². The van der Waals surface area contributed by atoms with Crippen molar-refractivity contribution < 1.29 is 106 Å². The summed E-state index contributed by atoms with van der Waals surface area (Å²) in [6, 6.07) is 13.6. The average Bonchev–Trinajstić information content (AvgIpc) is 1.80. The molecule has 596 valence electrons. The summed E-state index contributed by atoms with van der Waals surface area (Å²) in [5, 5.41) is 84.5. The van der Waals surface area contributed by atoms with Crippen LogP contribution in [0.4, 0.5) is 8.78 Å². The van der Waals surface area contributed by atoms with Crippen molar-refractivity contribution in [1.29, 1.82) is 0 Å². The topological polar surface area (TPSA) is 519 Å². The number of nitrogens with zero attached hydrogens (tertiary/aromatic N) is 2. The van der Waals surface area contributed by atoms with E-state index in [2.05, 4.69) is 57.8 Å². The first-order chi connectivity index (χ1) is 52.5. The van der Waals surface area contributed by atoms with Gasteiger partial charge in [0.1, 0.15) is 71.3 Å². The standard InChI is InChI=1S/C76H93F2N13O20/c1-9-42-31-46(111-8)27-28-48(42)61(44-22-14-11-15-23-44)64(72(106)89-65(74(108)109)60(43-20-12-10-13-21-43)47-24-17-16-19-39(47)2)88-68(102)54(34-59(98)99)83-69(103)55(37-92)84-71(105)62(40(3)93)87-70(104)56(33-49-50(77)25-18-26-51(49)78)91(7)73(107)63(41(4)94)86-57(95)36-81-67(101)53(29-30-58(96)97)85-75(110)76(5,6)90-66(100)52(79)32-45-35-80-38-82-45/h10-28,31,35,38,40-41,52-56,60-65,92-94H,9,29-30,32-34,36-37,79H2,1-8H3,(H,80,82)(H,81,101)(H,83,103)(H,84,105)(H,85,110)(H,86,95)(H,87,104)(H,88,102)(H,89,106)(H,90,100)(H,96,97)(H,98,99)(H,108,109)/t40-,41-,52+,53+,54+,55+,56+,60?,61?,62+,63+,64+,65+/m1/s1. The highest BCUT2D eigenvalue weighted by molar-refractivity contribution is 6.00. The number of nitrogens with two attached hydrogens (primary N) is 1. The Labute approximate surface area is 636 Å². The first-order valence-corrected chi connectivity index (χ1v) is 35.1. The fourth-order valence-corrected chi connectivity index (χ4v) is 12.2. The average molecular weight is 1550 g/mol. The van der Waals surface area contributed by atoms with Crippen LogP contribution in [0, 0.1) is 18.6 Å². The summed E-state index contributed by atoms with van der Waals surface area (Å²) in [5.41, 5.74) is 6.96. The van der Waals surface area contributed by atoms with E-state index in [1.54, 1.807) is 117 Å². The number of carboxylic acids is 3. The molecule has 5 aromatic carbocycles. The van der Waals surface area contributed by atoms with E-state index in [1.165, 1.54) is 33.5 Å². The second-order valence-corrected chi connectivity index (χ2v) is 26.8. The molecule has 0 fully saturated rings. The number of hydrogen-bond acceptors (Lipinski definition) is 19. The number of aromatic amines is 1. The summed E-state index contributed by atoms with van der Waals surface area (Å²) in [4.78, 5) is 187. The first-order valence-electron chi connectivity index (χ1n) is 35.1. The number of hydrogen-bond donors (Lipinski definition) is 17. The van der Waals surface area contributed by atoms with Crippen molar-refractivity contribution >= 4 is 77.0 Å². The molecule has 0 bridgehead atoms. The predicted molar refractivity (Wildman–Crippen MR) is 393 cm³/mol. The molecular weight excluding hydrogens is 1450 g/mol. The number of carboxylic acid groups (broad SMARTS) is 3. The monoisotopic (exact) mass is 1550 g/mol. The van der Waals surface area contributed by atoms with Crippen molar-refractivity contribution in [2.24, 2.45) is 5.73 Å². The van der Waals surface area contributed by atoms with Crippen LogP contribution in [-0.2, 0) is 81.6 Å². The maximum absolute atomic E-state index is 15.5. The Morgan fingerprint density at radius 2 is 1.17 bits per heavy atom. The molecule has 6 rings (SSSR count). The Kier molecular flexibility index (Phi) is 32.4. The van der Waals surface area contributed by atoms with Gasteiger partial charge >= 0.3 is 17.9 Å². The number of H-pyrrole nitrogens is 1. The number of rotatable bonds is 41. The van der Waals surface area contributed by atoms with Gasteiger partial charge in [-0.05, 0) is 105 Å². The zero-order valence-electron chi connectivity index (χ0n) is 62.0. The number of aromatic nitrogens is 2. The molecule has 111 heavy (non-hydrogen) atoms. The molecule has 0 spiro atoms. The third-order valence-electron chi connectivity index (χ3n) is 18.3. The molecule has 33 nitrogen and oxygen atoms in total. The van der Waals surface area contributed by atoms with Gasteiger partial charge in [0.25, 0.3) is 0 Å². The number of carbonyl (C=O) groups is 13. The molecular formula is C76H93F2N13O20. The Hall–Kier alpha value is -12.1. The number of aliphatic hydroxyl groups is 3. The van der Waals surface area contributed by atoms with Gasteiger partial charge in [0.15, 0.2) is 0 Å². The minimum atomic E-state index is -2.24. The molecule has 6 aromatic rings. The lowest BCUT2D eigenvalue weighted by molar-refractivity contribution is -0.145. The van der Waals surface area contributed by atoms with Crippen molar-refractivity contribution in [1.82, 2.24) is 62.7 Å². The predicted octanol–water partition coefficient (Wildman–Crippen LogP) is -0.246. The second kappa shape index (κ2) is 40.9. The highest BCUT2D eigenvalue weighted by Crippen LogP contribution is 2.36. The number of aryl methyl sites for hydroxylation is 2. The molecule has 0 radical (unpaired) electrons.